The summed E-state index contributed by atoms with van der Waals surface area (Å²) in [4.78, 5) is 0. The number of hydrogen-bond donors (Lipinski definition) is 2. The molecule has 0 radical (unpaired) electrons. The van der Waals surface area contributed by atoms with E-state index >= 15 is 0 Å². The van der Waals surface area contributed by atoms with E-state index in [-0.39, 0.29) is 12.6 Å². The van der Waals surface area contributed by atoms with Crippen molar-refractivity contribution >= 4 is 10.9 Å². The summed E-state index contributed by atoms with van der Waals surface area (Å²) in [6.45, 7) is 0.584. The number of thiol groups is 1. The first-order chi connectivity index (χ1) is 7.25. The molecule has 0 saturated heterocycles. The van der Waals surface area contributed by atoms with Gasteiger partial charge in [-0.3, -0.25) is 0 Å². The van der Waals surface area contributed by atoms with Crippen LogP contribution in [0.4, 0.5) is 0 Å². The molecule has 6 heteroatoms. The van der Waals surface area contributed by atoms with Crippen molar-refractivity contribution in [3.05, 3.63) is 24.3 Å². The van der Waals surface area contributed by atoms with Gasteiger partial charge >= 0.3 is 0 Å². The molecule has 2 rings (SSSR count). The van der Waals surface area contributed by atoms with E-state index < -0.39 is 10.9 Å². The molecule has 1 heterocycles. The van der Waals surface area contributed by atoms with Gasteiger partial charge in [0, 0.05) is 0 Å². The Morgan fingerprint density at radius 1 is 1.33 bits per heavy atom. The predicted molar refractivity (Wildman–Crippen MR) is 54.7 cm³/mol. The fraction of sp³-hybridized carbons (Fsp3) is 0.333. The van der Waals surface area contributed by atoms with Crippen LogP contribution in [0.15, 0.2) is 24.3 Å². The summed E-state index contributed by atoms with van der Waals surface area (Å²) in [5.41, 5.74) is 0. The third-order valence-corrected chi connectivity index (χ3v) is 2.46. The maximum absolute atomic E-state index is 10.3. The molecule has 1 aliphatic heterocycles. The molecule has 0 spiro atoms. The van der Waals surface area contributed by atoms with E-state index in [0.29, 0.717) is 18.1 Å². The lowest BCUT2D eigenvalue weighted by Crippen LogP contribution is -2.37. The van der Waals surface area contributed by atoms with Gasteiger partial charge < -0.3 is 9.47 Å². The van der Waals surface area contributed by atoms with Crippen molar-refractivity contribution in [1.29, 1.82) is 0 Å². The summed E-state index contributed by atoms with van der Waals surface area (Å²) in [7, 11) is -2.58. The van der Waals surface area contributed by atoms with Gasteiger partial charge in [0.1, 0.15) is 12.7 Å². The highest BCUT2D eigenvalue weighted by Crippen LogP contribution is 2.30. The van der Waals surface area contributed by atoms with Crippen LogP contribution in [0.5, 0.6) is 11.5 Å². The Morgan fingerprint density at radius 3 is 2.80 bits per heavy atom. The lowest BCUT2D eigenvalue weighted by Gasteiger charge is -2.25. The molecule has 1 aromatic rings. The molecule has 0 unspecified atom stereocenters. The largest absolute Gasteiger partial charge is 0.486 e. The molecular formula is C9H11NO4S. The molecule has 0 aliphatic carbocycles. The fourth-order valence-corrected chi connectivity index (χ4v) is 1.69. The SMILES string of the molecule is O=[SH](=O)NC[C@H]1COc2ccccc2O1. The van der Waals surface area contributed by atoms with Crippen molar-refractivity contribution in [3.8, 4) is 11.5 Å². The fourth-order valence-electron chi connectivity index (χ4n) is 1.34. The zero-order valence-corrected chi connectivity index (χ0v) is 8.78. The van der Waals surface area contributed by atoms with E-state index in [0.717, 1.165) is 0 Å². The number of rotatable bonds is 3. The van der Waals surface area contributed by atoms with Crippen LogP contribution in [-0.2, 0) is 10.9 Å². The lowest BCUT2D eigenvalue weighted by atomic mass is 10.2. The Balaban J connectivity index is 1.99. The number of ether oxygens (including phenoxy) is 2. The second-order valence-corrected chi connectivity index (χ2v) is 3.95. The van der Waals surface area contributed by atoms with Crippen molar-refractivity contribution in [2.75, 3.05) is 13.2 Å². The maximum Gasteiger partial charge on any atom is 0.201 e. The molecule has 1 aromatic carbocycles. The average Bonchev–Trinajstić information content (AvgIpc) is 2.26. The quantitative estimate of drug-likeness (QED) is 0.713. The Kier molecular flexibility index (Phi) is 3.08. The van der Waals surface area contributed by atoms with E-state index in [1.807, 2.05) is 18.2 Å². The van der Waals surface area contributed by atoms with Gasteiger partial charge in [0.15, 0.2) is 11.5 Å². The van der Waals surface area contributed by atoms with Gasteiger partial charge in [0.25, 0.3) is 0 Å². The van der Waals surface area contributed by atoms with Crippen LogP contribution in [0.1, 0.15) is 0 Å². The monoisotopic (exact) mass is 229 g/mol. The third-order valence-electron chi connectivity index (χ3n) is 2.02. The summed E-state index contributed by atoms with van der Waals surface area (Å²) in [5.74, 6) is 1.34. The van der Waals surface area contributed by atoms with E-state index in [2.05, 4.69) is 4.72 Å². The molecule has 0 fully saturated rings. The van der Waals surface area contributed by atoms with Gasteiger partial charge in [0.05, 0.1) is 6.54 Å². The molecule has 0 saturated carbocycles. The zero-order chi connectivity index (χ0) is 10.7. The summed E-state index contributed by atoms with van der Waals surface area (Å²) in [5, 5.41) is 0. The molecule has 1 N–H and O–H groups in total. The predicted octanol–water partition coefficient (Wildman–Crippen LogP) is -0.0576. The highest BCUT2D eigenvalue weighted by molar-refractivity contribution is 7.70. The highest BCUT2D eigenvalue weighted by atomic mass is 32.2. The van der Waals surface area contributed by atoms with Crippen LogP contribution in [-0.4, -0.2) is 27.7 Å². The van der Waals surface area contributed by atoms with Crippen LogP contribution < -0.4 is 14.2 Å². The first kappa shape index (κ1) is 10.3. The van der Waals surface area contributed by atoms with Crippen LogP contribution >= 0.6 is 0 Å². The van der Waals surface area contributed by atoms with Crippen LogP contribution in [0.3, 0.4) is 0 Å². The van der Waals surface area contributed by atoms with Crippen molar-refractivity contribution in [2.45, 2.75) is 6.10 Å². The Morgan fingerprint density at radius 2 is 2.07 bits per heavy atom. The summed E-state index contributed by atoms with van der Waals surface area (Å²) in [6, 6.07) is 7.30. The molecule has 1 atom stereocenters. The topological polar surface area (TPSA) is 64.6 Å². The number of benzene rings is 1. The first-order valence-electron chi connectivity index (χ1n) is 4.52. The summed E-state index contributed by atoms with van der Waals surface area (Å²) >= 11 is 0. The second kappa shape index (κ2) is 4.50. The molecular weight excluding hydrogens is 218 g/mol. The third kappa shape index (κ3) is 2.60. The lowest BCUT2D eigenvalue weighted by molar-refractivity contribution is 0.0944. The van der Waals surface area contributed by atoms with E-state index in [1.165, 1.54) is 0 Å². The Labute approximate surface area is 89.1 Å². The smallest absolute Gasteiger partial charge is 0.201 e. The number of para-hydroxylation sites is 2. The van der Waals surface area contributed by atoms with E-state index in [9.17, 15) is 8.42 Å². The minimum atomic E-state index is -2.58. The normalized spacial score (nSPS) is 19.1. The second-order valence-electron chi connectivity index (χ2n) is 3.12. The molecule has 82 valence electrons. The van der Waals surface area contributed by atoms with Gasteiger partial charge in [-0.1, -0.05) is 12.1 Å². The molecule has 1 aliphatic rings. The van der Waals surface area contributed by atoms with Crippen molar-refractivity contribution in [3.63, 3.8) is 0 Å². The summed E-state index contributed by atoms with van der Waals surface area (Å²) < 4.78 is 33.9. The Bertz CT molecular complexity index is 410. The minimum Gasteiger partial charge on any atom is -0.486 e. The van der Waals surface area contributed by atoms with Gasteiger partial charge in [-0.2, -0.15) is 0 Å². The van der Waals surface area contributed by atoms with E-state index in [4.69, 9.17) is 9.47 Å². The van der Waals surface area contributed by atoms with Gasteiger partial charge in [-0.25, -0.2) is 13.1 Å². The molecule has 0 amide bonds. The number of fused-ring (bicyclic) bond motifs is 1. The maximum atomic E-state index is 10.3. The van der Waals surface area contributed by atoms with Crippen LogP contribution in [0.25, 0.3) is 0 Å². The van der Waals surface area contributed by atoms with Crippen molar-refractivity contribution in [1.82, 2.24) is 4.72 Å². The van der Waals surface area contributed by atoms with Crippen LogP contribution in [0.2, 0.25) is 0 Å². The summed E-state index contributed by atoms with van der Waals surface area (Å²) in [6.07, 6.45) is -0.271. The first-order valence-corrected chi connectivity index (χ1v) is 5.70. The van der Waals surface area contributed by atoms with Gasteiger partial charge in [0.2, 0.25) is 10.9 Å². The average molecular weight is 229 g/mol. The zero-order valence-electron chi connectivity index (χ0n) is 7.88. The molecule has 0 aromatic heterocycles. The molecule has 0 bridgehead atoms. The van der Waals surface area contributed by atoms with Crippen molar-refractivity contribution < 1.29 is 17.9 Å². The molecule has 15 heavy (non-hydrogen) atoms. The Hall–Kier alpha value is -1.27. The van der Waals surface area contributed by atoms with Gasteiger partial charge in [-0.05, 0) is 12.1 Å². The number of hydrogen-bond acceptors (Lipinski definition) is 4. The standard InChI is InChI=1S/C9H11NO4S/c11-15(12)10-5-7-6-13-8-3-1-2-4-9(8)14-7/h1-4,7,15H,5-6H2,(H,10,11,12)/t7-/m0/s1. The van der Waals surface area contributed by atoms with E-state index in [1.54, 1.807) is 6.07 Å². The molecule has 5 nitrogen and oxygen atoms in total. The number of nitrogens with one attached hydrogen (secondary N) is 1. The van der Waals surface area contributed by atoms with Gasteiger partial charge in [-0.15, -0.1) is 0 Å². The minimum absolute atomic E-state index is 0.229. The van der Waals surface area contributed by atoms with Crippen molar-refractivity contribution in [2.24, 2.45) is 0 Å². The van der Waals surface area contributed by atoms with Crippen LogP contribution in [0, 0.1) is 0 Å². The highest BCUT2D eigenvalue weighted by Gasteiger charge is 2.19.